The number of benzene rings is 1. The van der Waals surface area contributed by atoms with E-state index in [0.29, 0.717) is 45.1 Å². The smallest absolute Gasteiger partial charge is 0.288 e. The molecule has 3 rings (SSSR count). The van der Waals surface area contributed by atoms with E-state index in [1.807, 2.05) is 37.3 Å². The van der Waals surface area contributed by atoms with Gasteiger partial charge in [0.05, 0.1) is 13.2 Å². The lowest BCUT2D eigenvalue weighted by molar-refractivity contribution is -0.171. The van der Waals surface area contributed by atoms with Crippen LogP contribution in [0.25, 0.3) is 0 Å². The number of aliphatic hydroxyl groups excluding tert-OH is 1. The molecule has 6 nitrogen and oxygen atoms in total. The molecular weight excluding hydrogens is 370 g/mol. The predicted octanol–water partition coefficient (Wildman–Crippen LogP) is 2.28. The van der Waals surface area contributed by atoms with E-state index < -0.39 is 6.29 Å². The summed E-state index contributed by atoms with van der Waals surface area (Å²) in [4.78, 5) is 14.8. The first-order valence-electron chi connectivity index (χ1n) is 10.2. The minimum absolute atomic E-state index is 0.0139. The zero-order valence-electron chi connectivity index (χ0n) is 16.9. The molecule has 1 aromatic rings. The first-order valence-corrected chi connectivity index (χ1v) is 10.2. The van der Waals surface area contributed by atoms with Crippen LogP contribution in [0, 0.1) is 18.3 Å². The highest BCUT2D eigenvalue weighted by Gasteiger charge is 2.38. The SMILES string of the molecule is C#Cc1ccc([C@@H]2C=C(C(=O)N3CCOCC3)O[C@H](OCC)[C@@H]2CCCO)cc1. The Labute approximate surface area is 172 Å². The Bertz CT molecular complexity index is 746. The normalized spacial score (nSPS) is 24.4. The van der Waals surface area contributed by atoms with Crippen LogP contribution < -0.4 is 0 Å². The van der Waals surface area contributed by atoms with Crippen LogP contribution in [0.5, 0.6) is 0 Å². The lowest BCUT2D eigenvalue weighted by atomic mass is 9.80. The van der Waals surface area contributed by atoms with Gasteiger partial charge in [-0.15, -0.1) is 6.42 Å². The first-order chi connectivity index (χ1) is 14.2. The summed E-state index contributed by atoms with van der Waals surface area (Å²) >= 11 is 0. The Morgan fingerprint density at radius 2 is 2.03 bits per heavy atom. The van der Waals surface area contributed by atoms with Crippen LogP contribution in [-0.4, -0.2) is 61.7 Å². The van der Waals surface area contributed by atoms with Gasteiger partial charge in [0.1, 0.15) is 0 Å². The third-order valence-electron chi connectivity index (χ3n) is 5.38. The van der Waals surface area contributed by atoms with Crippen LogP contribution in [0.1, 0.15) is 36.8 Å². The number of ether oxygens (including phenoxy) is 3. The molecule has 0 unspecified atom stereocenters. The van der Waals surface area contributed by atoms with Gasteiger partial charge in [-0.05, 0) is 43.5 Å². The molecule has 156 valence electrons. The molecule has 2 heterocycles. The van der Waals surface area contributed by atoms with E-state index >= 15 is 0 Å². The van der Waals surface area contributed by atoms with Crippen molar-refractivity contribution in [3.63, 3.8) is 0 Å². The topological polar surface area (TPSA) is 68.2 Å². The molecule has 6 heteroatoms. The monoisotopic (exact) mass is 399 g/mol. The van der Waals surface area contributed by atoms with Gasteiger partial charge in [-0.1, -0.05) is 18.1 Å². The van der Waals surface area contributed by atoms with Gasteiger partial charge < -0.3 is 24.2 Å². The van der Waals surface area contributed by atoms with Crippen molar-refractivity contribution >= 4 is 5.91 Å². The standard InChI is InChI=1S/C23H29NO5/c1-3-17-7-9-18(10-8-17)20-16-21(22(26)24-11-14-27-15-12-24)29-23(28-4-2)19(20)6-5-13-25/h1,7-10,16,19-20,23,25H,4-6,11-15H2,2H3/t19-,20+,23+/m1/s1. The van der Waals surface area contributed by atoms with E-state index in [0.717, 1.165) is 17.5 Å². The average Bonchev–Trinajstić information content (AvgIpc) is 2.78. The molecule has 1 N–H and O–H groups in total. The summed E-state index contributed by atoms with van der Waals surface area (Å²) in [5.74, 6) is 2.73. The number of hydrogen-bond donors (Lipinski definition) is 1. The van der Waals surface area contributed by atoms with Gasteiger partial charge in [-0.2, -0.15) is 0 Å². The van der Waals surface area contributed by atoms with Crippen LogP contribution >= 0.6 is 0 Å². The average molecular weight is 399 g/mol. The molecular formula is C23H29NO5. The number of carbonyl (C=O) groups is 1. The third kappa shape index (κ3) is 5.18. The lowest BCUT2D eigenvalue weighted by Gasteiger charge is -2.38. The van der Waals surface area contributed by atoms with Gasteiger partial charge in [-0.25, -0.2) is 0 Å². The molecule has 0 spiro atoms. The van der Waals surface area contributed by atoms with Crippen molar-refractivity contribution in [2.24, 2.45) is 5.92 Å². The molecule has 0 aromatic heterocycles. The zero-order chi connectivity index (χ0) is 20.6. The maximum absolute atomic E-state index is 13.1. The van der Waals surface area contributed by atoms with Crippen molar-refractivity contribution in [2.75, 3.05) is 39.5 Å². The van der Waals surface area contributed by atoms with E-state index in [1.165, 1.54) is 0 Å². The maximum Gasteiger partial charge on any atom is 0.288 e. The van der Waals surface area contributed by atoms with E-state index in [1.54, 1.807) is 4.90 Å². The summed E-state index contributed by atoms with van der Waals surface area (Å²) in [6, 6.07) is 7.79. The van der Waals surface area contributed by atoms with E-state index in [4.69, 9.17) is 20.6 Å². The maximum atomic E-state index is 13.1. The van der Waals surface area contributed by atoms with Crippen LogP contribution in [0.15, 0.2) is 36.1 Å². The molecule has 29 heavy (non-hydrogen) atoms. The fourth-order valence-electron chi connectivity index (χ4n) is 3.86. The second-order valence-corrected chi connectivity index (χ2v) is 7.20. The number of hydrogen-bond acceptors (Lipinski definition) is 5. The summed E-state index contributed by atoms with van der Waals surface area (Å²) < 4.78 is 17.3. The summed E-state index contributed by atoms with van der Waals surface area (Å²) in [7, 11) is 0. The van der Waals surface area contributed by atoms with Gasteiger partial charge in [0.15, 0.2) is 5.76 Å². The Morgan fingerprint density at radius 3 is 2.66 bits per heavy atom. The minimum Gasteiger partial charge on any atom is -0.459 e. The van der Waals surface area contributed by atoms with Crippen molar-refractivity contribution in [3.8, 4) is 12.3 Å². The number of morpholine rings is 1. The van der Waals surface area contributed by atoms with Crippen molar-refractivity contribution in [3.05, 3.63) is 47.2 Å². The number of terminal acetylenes is 1. The van der Waals surface area contributed by atoms with Gasteiger partial charge in [0.25, 0.3) is 5.91 Å². The molecule has 1 aromatic carbocycles. The largest absolute Gasteiger partial charge is 0.459 e. The lowest BCUT2D eigenvalue weighted by Crippen LogP contribution is -2.44. The second-order valence-electron chi connectivity index (χ2n) is 7.20. The number of amides is 1. The number of allylic oxidation sites excluding steroid dienone is 1. The van der Waals surface area contributed by atoms with Gasteiger partial charge in [-0.3, -0.25) is 4.79 Å². The second kappa shape index (κ2) is 10.4. The Balaban J connectivity index is 1.93. The van der Waals surface area contributed by atoms with Crippen LogP contribution in [-0.2, 0) is 19.0 Å². The van der Waals surface area contributed by atoms with Crippen molar-refractivity contribution in [1.29, 1.82) is 0 Å². The van der Waals surface area contributed by atoms with Crippen LogP contribution in [0.3, 0.4) is 0 Å². The Kier molecular flexibility index (Phi) is 7.70. The summed E-state index contributed by atoms with van der Waals surface area (Å²) in [5.41, 5.74) is 1.86. The number of nitrogens with zero attached hydrogens (tertiary/aromatic N) is 1. The fraction of sp³-hybridized carbons (Fsp3) is 0.522. The number of rotatable bonds is 7. The van der Waals surface area contributed by atoms with Gasteiger partial charge >= 0.3 is 0 Å². The highest BCUT2D eigenvalue weighted by molar-refractivity contribution is 5.92. The Hall–Kier alpha value is -2.33. The highest BCUT2D eigenvalue weighted by atomic mass is 16.7. The summed E-state index contributed by atoms with van der Waals surface area (Å²) in [6.45, 7) is 4.64. The number of aliphatic hydroxyl groups is 1. The molecule has 3 atom stereocenters. The Morgan fingerprint density at radius 1 is 1.31 bits per heavy atom. The molecule has 2 aliphatic heterocycles. The van der Waals surface area contributed by atoms with Gasteiger partial charge in [0.2, 0.25) is 6.29 Å². The summed E-state index contributed by atoms with van der Waals surface area (Å²) in [6.07, 6.45) is 8.20. The molecule has 2 aliphatic rings. The zero-order valence-corrected chi connectivity index (χ0v) is 16.9. The van der Waals surface area contributed by atoms with Crippen LogP contribution in [0.4, 0.5) is 0 Å². The fourth-order valence-corrected chi connectivity index (χ4v) is 3.86. The van der Waals surface area contributed by atoms with E-state index in [9.17, 15) is 9.90 Å². The van der Waals surface area contributed by atoms with E-state index in [-0.39, 0.29) is 24.3 Å². The van der Waals surface area contributed by atoms with Crippen molar-refractivity contribution in [2.45, 2.75) is 32.0 Å². The molecule has 1 saturated heterocycles. The third-order valence-corrected chi connectivity index (χ3v) is 5.38. The van der Waals surface area contributed by atoms with Crippen LogP contribution in [0.2, 0.25) is 0 Å². The van der Waals surface area contributed by atoms with Gasteiger partial charge in [0, 0.05) is 43.7 Å². The summed E-state index contributed by atoms with van der Waals surface area (Å²) in [5, 5.41) is 9.36. The minimum atomic E-state index is -0.547. The molecule has 1 amide bonds. The molecule has 0 bridgehead atoms. The molecule has 0 radical (unpaired) electrons. The van der Waals surface area contributed by atoms with Crippen molar-refractivity contribution < 1.29 is 24.1 Å². The highest BCUT2D eigenvalue weighted by Crippen LogP contribution is 2.39. The van der Waals surface area contributed by atoms with E-state index in [2.05, 4.69) is 5.92 Å². The molecule has 0 saturated carbocycles. The molecule has 1 fully saturated rings. The quantitative estimate of drug-likeness (QED) is 0.713. The number of carbonyl (C=O) groups excluding carboxylic acids is 1. The molecule has 0 aliphatic carbocycles. The van der Waals surface area contributed by atoms with Crippen molar-refractivity contribution in [1.82, 2.24) is 4.90 Å². The predicted molar refractivity (Wildman–Crippen MR) is 109 cm³/mol. The first kappa shape index (κ1) is 21.4.